The highest BCUT2D eigenvalue weighted by molar-refractivity contribution is 7.79. The first-order valence-corrected chi connectivity index (χ1v) is 8.76. The predicted molar refractivity (Wildman–Crippen MR) is 106 cm³/mol. The van der Waals surface area contributed by atoms with Gasteiger partial charge in [-0.2, -0.15) is 0 Å². The van der Waals surface area contributed by atoms with Gasteiger partial charge in [-0.15, -0.1) is 0 Å². The van der Waals surface area contributed by atoms with E-state index in [9.17, 15) is 0 Å². The molecule has 120 valence electrons. The van der Waals surface area contributed by atoms with Gasteiger partial charge in [-0.25, -0.2) is 0 Å². The van der Waals surface area contributed by atoms with Crippen molar-refractivity contribution >= 4 is 35.4 Å². The summed E-state index contributed by atoms with van der Waals surface area (Å²) in [7, 11) is 0. The monoisotopic (exact) mass is 342 g/mol. The lowest BCUT2D eigenvalue weighted by molar-refractivity contribution is 0.884. The van der Waals surface area contributed by atoms with Crippen molar-refractivity contribution in [2.45, 2.75) is 19.3 Å². The summed E-state index contributed by atoms with van der Waals surface area (Å²) in [4.78, 5) is 0. The Kier molecular flexibility index (Phi) is 7.70. The van der Waals surface area contributed by atoms with Crippen molar-refractivity contribution in [3.05, 3.63) is 70.8 Å². The summed E-state index contributed by atoms with van der Waals surface area (Å²) in [5.41, 5.74) is 8.49. The van der Waals surface area contributed by atoms with Crippen molar-refractivity contribution in [1.82, 2.24) is 10.6 Å². The summed E-state index contributed by atoms with van der Waals surface area (Å²) in [6, 6.07) is 17.6. The number of hydrogen-bond donors (Lipinski definition) is 2. The summed E-state index contributed by atoms with van der Waals surface area (Å²) < 4.78 is 0. The van der Waals surface area contributed by atoms with E-state index < -0.39 is 0 Å². The second-order valence-electron chi connectivity index (χ2n) is 5.45. The molecular weight excluding hydrogens is 320 g/mol. The third-order valence-corrected chi connectivity index (χ3v) is 4.07. The van der Waals surface area contributed by atoms with Crippen molar-refractivity contribution < 1.29 is 0 Å². The molecule has 0 aliphatic rings. The summed E-state index contributed by atoms with van der Waals surface area (Å²) >= 11 is 9.51. The first-order chi connectivity index (χ1) is 11.3. The van der Waals surface area contributed by atoms with Crippen LogP contribution in [-0.4, -0.2) is 24.1 Å². The van der Waals surface area contributed by atoms with Crippen LogP contribution in [0.25, 0.3) is 0 Å². The third kappa shape index (κ3) is 6.47. The topological polar surface area (TPSA) is 24.1 Å². The third-order valence-electron chi connectivity index (χ3n) is 3.74. The first kappa shape index (κ1) is 17.6. The molecule has 0 aromatic heterocycles. The number of nitrogens with one attached hydrogen (secondary N) is 2. The molecule has 0 saturated heterocycles. The van der Waals surface area contributed by atoms with E-state index in [1.165, 1.54) is 22.3 Å². The average Bonchev–Trinajstić information content (AvgIpc) is 2.58. The lowest BCUT2D eigenvalue weighted by atomic mass is 10.0. The summed E-state index contributed by atoms with van der Waals surface area (Å²) in [5.74, 6) is 0. The second kappa shape index (κ2) is 10.1. The molecule has 23 heavy (non-hydrogen) atoms. The van der Waals surface area contributed by atoms with Crippen LogP contribution in [0.5, 0.6) is 0 Å². The highest BCUT2D eigenvalue weighted by atomic mass is 32.1. The molecule has 2 rings (SSSR count). The maximum atomic E-state index is 4.75. The van der Waals surface area contributed by atoms with Crippen molar-refractivity contribution in [3.8, 4) is 0 Å². The Morgan fingerprint density at radius 3 is 1.30 bits per heavy atom. The van der Waals surface area contributed by atoms with Crippen LogP contribution in [-0.2, 0) is 19.3 Å². The maximum absolute atomic E-state index is 4.75. The minimum atomic E-state index is 0.891. The van der Waals surface area contributed by atoms with Crippen LogP contribution in [0.2, 0.25) is 0 Å². The molecule has 0 aliphatic heterocycles. The van der Waals surface area contributed by atoms with Crippen LogP contribution in [0.15, 0.2) is 48.5 Å². The van der Waals surface area contributed by atoms with Crippen LogP contribution in [0.1, 0.15) is 22.3 Å². The van der Waals surface area contributed by atoms with E-state index in [-0.39, 0.29) is 0 Å². The van der Waals surface area contributed by atoms with Gasteiger partial charge in [0.05, 0.1) is 11.0 Å². The molecule has 0 atom stereocenters. The van der Waals surface area contributed by atoms with E-state index in [4.69, 9.17) is 24.4 Å². The molecule has 0 aliphatic carbocycles. The summed E-state index contributed by atoms with van der Waals surface area (Å²) in [5, 5.41) is 6.10. The van der Waals surface area contributed by atoms with Crippen molar-refractivity contribution in [2.75, 3.05) is 13.1 Å². The van der Waals surface area contributed by atoms with Gasteiger partial charge in [-0.05, 0) is 41.5 Å². The van der Waals surface area contributed by atoms with Crippen LogP contribution in [0.3, 0.4) is 0 Å². The molecule has 0 fully saturated rings. The van der Waals surface area contributed by atoms with E-state index in [0.29, 0.717) is 0 Å². The maximum Gasteiger partial charge on any atom is 0.0614 e. The van der Waals surface area contributed by atoms with Crippen molar-refractivity contribution in [2.24, 2.45) is 0 Å². The first-order valence-electron chi connectivity index (χ1n) is 7.81. The molecule has 2 nitrogen and oxygen atoms in total. The second-order valence-corrected chi connectivity index (χ2v) is 5.93. The number of thiocarbonyl (C=S) groups is 2. The minimum Gasteiger partial charge on any atom is -0.382 e. The van der Waals surface area contributed by atoms with Gasteiger partial charge >= 0.3 is 0 Å². The quantitative estimate of drug-likeness (QED) is 0.510. The van der Waals surface area contributed by atoms with E-state index in [0.717, 1.165) is 32.4 Å². The Labute approximate surface area is 149 Å². The Balaban J connectivity index is 1.86. The normalized spacial score (nSPS) is 10.1. The zero-order valence-corrected chi connectivity index (χ0v) is 14.8. The van der Waals surface area contributed by atoms with Crippen molar-refractivity contribution in [3.63, 3.8) is 0 Å². The van der Waals surface area contributed by atoms with Gasteiger partial charge in [-0.3, -0.25) is 0 Å². The van der Waals surface area contributed by atoms with Crippen molar-refractivity contribution in [1.29, 1.82) is 0 Å². The number of rotatable bonds is 10. The Hall–Kier alpha value is -1.78. The predicted octanol–water partition coefficient (Wildman–Crippen LogP) is 3.46. The zero-order valence-electron chi connectivity index (χ0n) is 13.1. The number of benzene rings is 2. The van der Waals surface area contributed by atoms with E-state index in [2.05, 4.69) is 59.2 Å². The summed E-state index contributed by atoms with van der Waals surface area (Å²) in [6.07, 6.45) is 2.96. The minimum absolute atomic E-state index is 0.891. The highest BCUT2D eigenvalue weighted by Gasteiger charge is 1.99. The molecular formula is C19H22N2S2. The number of hydrogen-bond acceptors (Lipinski definition) is 2. The zero-order chi connectivity index (χ0) is 16.3. The van der Waals surface area contributed by atoms with Gasteiger partial charge in [0.25, 0.3) is 0 Å². The van der Waals surface area contributed by atoms with E-state index >= 15 is 0 Å². The van der Waals surface area contributed by atoms with Crippen LogP contribution < -0.4 is 10.6 Å². The Morgan fingerprint density at radius 2 is 0.957 bits per heavy atom. The lowest BCUT2D eigenvalue weighted by Gasteiger charge is -2.06. The van der Waals surface area contributed by atoms with Gasteiger partial charge in [-0.1, -0.05) is 73.0 Å². The van der Waals surface area contributed by atoms with Crippen LogP contribution in [0, 0.1) is 0 Å². The summed E-state index contributed by atoms with van der Waals surface area (Å²) in [6.45, 7) is 1.78. The molecule has 0 unspecified atom stereocenters. The molecule has 0 heterocycles. The van der Waals surface area contributed by atoms with Crippen LogP contribution in [0.4, 0.5) is 0 Å². The van der Waals surface area contributed by atoms with E-state index in [1.807, 2.05) is 0 Å². The SMILES string of the molecule is S=CNCCc1ccc(Cc2ccc(CCNC=S)cc2)cc1. The smallest absolute Gasteiger partial charge is 0.0614 e. The van der Waals surface area contributed by atoms with Gasteiger partial charge in [0.15, 0.2) is 0 Å². The molecule has 0 amide bonds. The largest absolute Gasteiger partial charge is 0.382 e. The average molecular weight is 343 g/mol. The molecule has 4 heteroatoms. The molecule has 0 radical (unpaired) electrons. The molecule has 2 aromatic carbocycles. The Bertz CT molecular complexity index is 551. The van der Waals surface area contributed by atoms with Gasteiger partial charge in [0.1, 0.15) is 0 Å². The van der Waals surface area contributed by atoms with Crippen LogP contribution >= 0.6 is 24.4 Å². The molecule has 2 N–H and O–H groups in total. The molecule has 0 spiro atoms. The fourth-order valence-electron chi connectivity index (χ4n) is 2.43. The molecule has 0 bridgehead atoms. The molecule has 0 saturated carbocycles. The van der Waals surface area contributed by atoms with Gasteiger partial charge < -0.3 is 10.6 Å². The standard InChI is InChI=1S/C19H22N2S2/c22-14-20-11-9-16-1-5-18(6-2-16)13-19-7-3-17(4-8-19)10-12-21-15-23/h1-8,14-15H,9-13H2,(H,20,22)(H,21,23). The fourth-order valence-corrected chi connectivity index (χ4v) is 2.67. The highest BCUT2D eigenvalue weighted by Crippen LogP contribution is 2.12. The van der Waals surface area contributed by atoms with Gasteiger partial charge in [0.2, 0.25) is 0 Å². The van der Waals surface area contributed by atoms with E-state index in [1.54, 1.807) is 11.0 Å². The Morgan fingerprint density at radius 1 is 0.609 bits per heavy atom. The lowest BCUT2D eigenvalue weighted by Crippen LogP contribution is -2.13. The fraction of sp³-hybridized carbons (Fsp3) is 0.263. The van der Waals surface area contributed by atoms with Gasteiger partial charge in [0, 0.05) is 13.1 Å². The molecule has 2 aromatic rings.